The van der Waals surface area contributed by atoms with E-state index in [-0.39, 0.29) is 11.7 Å². The molecule has 2 aromatic heterocycles. The van der Waals surface area contributed by atoms with Crippen LogP contribution in [-0.2, 0) is 19.5 Å². The summed E-state index contributed by atoms with van der Waals surface area (Å²) in [6.07, 6.45) is 7.66. The number of rotatable bonds is 10. The molecule has 33 heavy (non-hydrogen) atoms. The Morgan fingerprint density at radius 2 is 1.94 bits per heavy atom. The van der Waals surface area contributed by atoms with Crippen molar-refractivity contribution < 1.29 is 9.18 Å². The molecule has 0 spiro atoms. The normalized spacial score (nSPS) is 11.2. The Bertz CT molecular complexity index is 1220. The monoisotopic (exact) mass is 446 g/mol. The number of aromatic amines is 1. The van der Waals surface area contributed by atoms with Crippen LogP contribution in [0.4, 0.5) is 10.1 Å². The fraction of sp³-hybridized carbons (Fsp3) is 0.296. The number of carbonyl (C=O) groups is 1. The summed E-state index contributed by atoms with van der Waals surface area (Å²) in [6.45, 7) is 7.08. The molecule has 0 radical (unpaired) electrons. The zero-order valence-corrected chi connectivity index (χ0v) is 19.2. The maximum atomic E-state index is 13.1. The first-order valence-corrected chi connectivity index (χ1v) is 11.6. The van der Waals surface area contributed by atoms with Crippen molar-refractivity contribution in [2.45, 2.75) is 46.2 Å². The summed E-state index contributed by atoms with van der Waals surface area (Å²) in [7, 11) is 0. The van der Waals surface area contributed by atoms with Crippen LogP contribution in [0.15, 0.2) is 60.9 Å². The first kappa shape index (κ1) is 22.8. The minimum absolute atomic E-state index is 0.254. The molecule has 0 aliphatic rings. The van der Waals surface area contributed by atoms with Crippen molar-refractivity contribution in [2.75, 3.05) is 11.9 Å². The van der Waals surface area contributed by atoms with Crippen LogP contribution in [0, 0.1) is 12.7 Å². The molecule has 172 valence electrons. The SMILES string of the molecule is CCCCn1ccc(CNCCc2c(C)[nH]c3ccc(NC(=O)c4ccc(F)cc4)cc23)c1. The van der Waals surface area contributed by atoms with E-state index in [4.69, 9.17) is 0 Å². The smallest absolute Gasteiger partial charge is 0.255 e. The van der Waals surface area contributed by atoms with Gasteiger partial charge in [-0.1, -0.05) is 13.3 Å². The van der Waals surface area contributed by atoms with Crippen molar-refractivity contribution in [3.63, 3.8) is 0 Å². The maximum absolute atomic E-state index is 13.1. The lowest BCUT2D eigenvalue weighted by atomic mass is 10.1. The van der Waals surface area contributed by atoms with Crippen molar-refractivity contribution in [2.24, 2.45) is 0 Å². The van der Waals surface area contributed by atoms with Crippen LogP contribution in [0.25, 0.3) is 10.9 Å². The van der Waals surface area contributed by atoms with Gasteiger partial charge in [0.1, 0.15) is 5.82 Å². The minimum atomic E-state index is -0.358. The molecule has 1 amide bonds. The number of nitrogens with zero attached hydrogens (tertiary/aromatic N) is 1. The number of amides is 1. The third kappa shape index (κ3) is 5.71. The van der Waals surface area contributed by atoms with E-state index in [9.17, 15) is 9.18 Å². The number of fused-ring (bicyclic) bond motifs is 1. The number of anilines is 1. The van der Waals surface area contributed by atoms with Gasteiger partial charge in [-0.2, -0.15) is 0 Å². The lowest BCUT2D eigenvalue weighted by Crippen LogP contribution is -2.16. The lowest BCUT2D eigenvalue weighted by Gasteiger charge is -2.07. The number of aromatic nitrogens is 2. The summed E-state index contributed by atoms with van der Waals surface area (Å²) >= 11 is 0. The molecule has 0 aliphatic carbocycles. The van der Waals surface area contributed by atoms with Crippen LogP contribution in [0.2, 0.25) is 0 Å². The molecule has 0 fully saturated rings. The van der Waals surface area contributed by atoms with Gasteiger partial charge in [0, 0.05) is 53.3 Å². The van der Waals surface area contributed by atoms with E-state index in [0.29, 0.717) is 5.56 Å². The van der Waals surface area contributed by atoms with Crippen LogP contribution < -0.4 is 10.6 Å². The van der Waals surface area contributed by atoms with Gasteiger partial charge in [0.15, 0.2) is 0 Å². The molecule has 0 unspecified atom stereocenters. The number of hydrogen-bond donors (Lipinski definition) is 3. The molecule has 0 saturated heterocycles. The maximum Gasteiger partial charge on any atom is 0.255 e. The predicted molar refractivity (Wildman–Crippen MR) is 132 cm³/mol. The van der Waals surface area contributed by atoms with E-state index >= 15 is 0 Å². The highest BCUT2D eigenvalue weighted by Gasteiger charge is 2.11. The van der Waals surface area contributed by atoms with Crippen molar-refractivity contribution in [1.82, 2.24) is 14.9 Å². The quantitative estimate of drug-likeness (QED) is 0.270. The Balaban J connectivity index is 1.38. The summed E-state index contributed by atoms with van der Waals surface area (Å²) < 4.78 is 15.4. The Morgan fingerprint density at radius 1 is 1.12 bits per heavy atom. The highest BCUT2D eigenvalue weighted by atomic mass is 19.1. The Hall–Kier alpha value is -3.38. The number of hydrogen-bond acceptors (Lipinski definition) is 2. The summed E-state index contributed by atoms with van der Waals surface area (Å²) in [5.41, 5.74) is 5.88. The van der Waals surface area contributed by atoms with Gasteiger partial charge in [-0.15, -0.1) is 0 Å². The van der Waals surface area contributed by atoms with E-state index in [0.717, 1.165) is 48.3 Å². The molecular formula is C27H31FN4O. The zero-order chi connectivity index (χ0) is 23.2. The minimum Gasteiger partial charge on any atom is -0.358 e. The third-order valence-electron chi connectivity index (χ3n) is 5.95. The number of benzene rings is 2. The Kier molecular flexibility index (Phi) is 7.25. The molecule has 0 atom stereocenters. The highest BCUT2D eigenvalue weighted by molar-refractivity contribution is 6.05. The molecule has 0 saturated carbocycles. The average molecular weight is 447 g/mol. The van der Waals surface area contributed by atoms with Gasteiger partial charge in [-0.3, -0.25) is 4.79 Å². The van der Waals surface area contributed by atoms with Gasteiger partial charge in [0.05, 0.1) is 0 Å². The summed E-state index contributed by atoms with van der Waals surface area (Å²) in [5, 5.41) is 7.57. The molecule has 0 aliphatic heterocycles. The van der Waals surface area contributed by atoms with Crippen LogP contribution in [0.1, 0.15) is 46.9 Å². The van der Waals surface area contributed by atoms with Crippen molar-refractivity contribution in [3.05, 3.63) is 89.1 Å². The molecule has 5 nitrogen and oxygen atoms in total. The molecule has 2 heterocycles. The van der Waals surface area contributed by atoms with Crippen LogP contribution in [-0.4, -0.2) is 22.0 Å². The average Bonchev–Trinajstić information content (AvgIpc) is 3.39. The van der Waals surface area contributed by atoms with E-state index in [1.54, 1.807) is 0 Å². The molecule has 2 aromatic carbocycles. The van der Waals surface area contributed by atoms with E-state index in [1.165, 1.54) is 48.2 Å². The Morgan fingerprint density at radius 3 is 2.73 bits per heavy atom. The second-order valence-electron chi connectivity index (χ2n) is 8.49. The molecule has 6 heteroatoms. The van der Waals surface area contributed by atoms with Gasteiger partial charge < -0.3 is 20.2 Å². The van der Waals surface area contributed by atoms with E-state index in [1.807, 2.05) is 18.2 Å². The fourth-order valence-corrected chi connectivity index (χ4v) is 4.11. The molecular weight excluding hydrogens is 415 g/mol. The Labute approximate surface area is 194 Å². The number of halogens is 1. The standard InChI is InChI=1S/C27H31FN4O/c1-3-4-14-32-15-12-20(18-32)17-29-13-11-24-19(2)30-26-10-9-23(16-25(24)26)31-27(33)21-5-7-22(28)8-6-21/h5-10,12,15-16,18,29-30H,3-4,11,13-14,17H2,1-2H3,(H,31,33). The first-order valence-electron chi connectivity index (χ1n) is 11.6. The van der Waals surface area contributed by atoms with Crippen molar-refractivity contribution in [1.29, 1.82) is 0 Å². The van der Waals surface area contributed by atoms with Gasteiger partial charge in [0.2, 0.25) is 0 Å². The largest absolute Gasteiger partial charge is 0.358 e. The summed E-state index contributed by atoms with van der Waals surface area (Å²) in [5.74, 6) is -0.612. The summed E-state index contributed by atoms with van der Waals surface area (Å²) in [4.78, 5) is 15.9. The third-order valence-corrected chi connectivity index (χ3v) is 5.95. The summed E-state index contributed by atoms with van der Waals surface area (Å²) in [6, 6.07) is 13.6. The number of nitrogens with one attached hydrogen (secondary N) is 3. The van der Waals surface area contributed by atoms with Gasteiger partial charge >= 0.3 is 0 Å². The molecule has 4 aromatic rings. The molecule has 3 N–H and O–H groups in total. The highest BCUT2D eigenvalue weighted by Crippen LogP contribution is 2.26. The van der Waals surface area contributed by atoms with Crippen LogP contribution >= 0.6 is 0 Å². The molecule has 0 bridgehead atoms. The number of carbonyl (C=O) groups excluding carboxylic acids is 1. The van der Waals surface area contributed by atoms with E-state index in [2.05, 4.69) is 52.5 Å². The first-order chi connectivity index (χ1) is 16.0. The number of H-pyrrole nitrogens is 1. The van der Waals surface area contributed by atoms with Crippen LogP contribution in [0.5, 0.6) is 0 Å². The second-order valence-corrected chi connectivity index (χ2v) is 8.49. The lowest BCUT2D eigenvalue weighted by molar-refractivity contribution is 0.102. The van der Waals surface area contributed by atoms with Gasteiger partial charge in [0.25, 0.3) is 5.91 Å². The topological polar surface area (TPSA) is 61.9 Å². The van der Waals surface area contributed by atoms with Crippen LogP contribution in [0.3, 0.4) is 0 Å². The number of aryl methyl sites for hydroxylation is 2. The van der Waals surface area contributed by atoms with Gasteiger partial charge in [-0.25, -0.2) is 4.39 Å². The molecule has 4 rings (SSSR count). The zero-order valence-electron chi connectivity index (χ0n) is 19.2. The fourth-order valence-electron chi connectivity index (χ4n) is 4.11. The number of unbranched alkanes of at least 4 members (excludes halogenated alkanes) is 1. The van der Waals surface area contributed by atoms with Gasteiger partial charge in [-0.05, 0) is 86.0 Å². The second kappa shape index (κ2) is 10.5. The van der Waals surface area contributed by atoms with Crippen molar-refractivity contribution in [3.8, 4) is 0 Å². The van der Waals surface area contributed by atoms with Crippen molar-refractivity contribution >= 4 is 22.5 Å². The predicted octanol–water partition coefficient (Wildman–Crippen LogP) is 5.80. The van der Waals surface area contributed by atoms with E-state index < -0.39 is 0 Å².